The third-order valence-corrected chi connectivity index (χ3v) is 5.04. The molecule has 6 heteroatoms. The van der Waals surface area contributed by atoms with Gasteiger partial charge in [-0.05, 0) is 43.9 Å². The van der Waals surface area contributed by atoms with E-state index in [1.165, 1.54) is 0 Å². The molecule has 0 amide bonds. The van der Waals surface area contributed by atoms with Crippen molar-refractivity contribution >= 4 is 7.60 Å². The molecular weight excluding hydrogens is 325 g/mol. The standard InChI is InChI=1S/C18H32NO4P/c1-4-6-12-22-24(20,23-13-7-5-2)15-21-18-10-8-17(9-11-18)14-16(3)19/h8-11,16H,4-7,12-15,19H2,1-3H3/t16-/m1/s1. The summed E-state index contributed by atoms with van der Waals surface area (Å²) in [7, 11) is -3.22. The van der Waals surface area contributed by atoms with Gasteiger partial charge in [-0.2, -0.15) is 0 Å². The molecule has 5 nitrogen and oxygen atoms in total. The van der Waals surface area contributed by atoms with E-state index in [1.807, 2.05) is 31.2 Å². The van der Waals surface area contributed by atoms with Gasteiger partial charge in [0.2, 0.25) is 0 Å². The maximum atomic E-state index is 12.8. The number of hydrogen-bond donors (Lipinski definition) is 1. The predicted octanol–water partition coefficient (Wildman–Crippen LogP) is 4.74. The molecule has 1 aromatic rings. The van der Waals surface area contributed by atoms with Crippen molar-refractivity contribution in [2.75, 3.05) is 19.6 Å². The van der Waals surface area contributed by atoms with E-state index in [0.717, 1.165) is 37.7 Å². The van der Waals surface area contributed by atoms with Crippen molar-refractivity contribution in [2.45, 2.75) is 58.9 Å². The Hall–Kier alpha value is -0.870. The number of hydrogen-bond acceptors (Lipinski definition) is 5. The maximum absolute atomic E-state index is 12.8. The van der Waals surface area contributed by atoms with Crippen molar-refractivity contribution in [1.29, 1.82) is 0 Å². The van der Waals surface area contributed by atoms with Crippen LogP contribution < -0.4 is 10.5 Å². The lowest BCUT2D eigenvalue weighted by Gasteiger charge is -2.19. The van der Waals surface area contributed by atoms with Gasteiger partial charge in [0, 0.05) is 6.04 Å². The number of ether oxygens (including phenoxy) is 1. The van der Waals surface area contributed by atoms with Gasteiger partial charge in [0.05, 0.1) is 13.2 Å². The van der Waals surface area contributed by atoms with E-state index in [1.54, 1.807) is 0 Å². The molecule has 0 saturated heterocycles. The number of nitrogens with two attached hydrogens (primary N) is 1. The van der Waals surface area contributed by atoms with Crippen LogP contribution in [-0.2, 0) is 20.0 Å². The SMILES string of the molecule is CCCCOP(=O)(COc1ccc(C[C@@H](C)N)cc1)OCCCC. The first kappa shape index (κ1) is 21.2. The fraction of sp³-hybridized carbons (Fsp3) is 0.667. The van der Waals surface area contributed by atoms with Crippen LogP contribution in [0.25, 0.3) is 0 Å². The Bertz CT molecular complexity index is 476. The third kappa shape index (κ3) is 8.84. The molecule has 0 heterocycles. The van der Waals surface area contributed by atoms with Gasteiger partial charge in [-0.3, -0.25) is 4.57 Å². The van der Waals surface area contributed by atoms with Crippen molar-refractivity contribution in [2.24, 2.45) is 5.73 Å². The molecule has 0 aromatic heterocycles. The molecule has 0 saturated carbocycles. The van der Waals surface area contributed by atoms with Gasteiger partial charge in [0.1, 0.15) is 5.75 Å². The second-order valence-corrected chi connectivity index (χ2v) is 8.08. The van der Waals surface area contributed by atoms with Crippen LogP contribution in [0.1, 0.15) is 52.0 Å². The fourth-order valence-electron chi connectivity index (χ4n) is 2.05. The molecule has 24 heavy (non-hydrogen) atoms. The van der Waals surface area contributed by atoms with Crippen LogP contribution in [0.3, 0.4) is 0 Å². The number of rotatable bonds is 13. The topological polar surface area (TPSA) is 70.8 Å². The minimum Gasteiger partial charge on any atom is -0.481 e. The van der Waals surface area contributed by atoms with Gasteiger partial charge in [-0.25, -0.2) is 0 Å². The van der Waals surface area contributed by atoms with Crippen molar-refractivity contribution in [3.63, 3.8) is 0 Å². The summed E-state index contributed by atoms with van der Waals surface area (Å²) < 4.78 is 29.4. The smallest absolute Gasteiger partial charge is 0.367 e. The Morgan fingerprint density at radius 2 is 1.58 bits per heavy atom. The number of unbranched alkanes of at least 4 members (excludes halogenated alkanes) is 2. The Labute approximate surface area is 146 Å². The van der Waals surface area contributed by atoms with Crippen molar-refractivity contribution in [3.8, 4) is 5.75 Å². The molecule has 1 rings (SSSR count). The Morgan fingerprint density at radius 3 is 2.04 bits per heavy atom. The van der Waals surface area contributed by atoms with Crippen LogP contribution >= 0.6 is 7.60 Å². The van der Waals surface area contributed by atoms with Crippen LogP contribution in [0.4, 0.5) is 0 Å². The summed E-state index contributed by atoms with van der Waals surface area (Å²) in [5.74, 6) is 0.654. The maximum Gasteiger partial charge on any atom is 0.367 e. The zero-order chi connectivity index (χ0) is 17.8. The van der Waals surface area contributed by atoms with E-state index in [2.05, 4.69) is 13.8 Å². The first-order chi connectivity index (χ1) is 11.5. The Kier molecular flexibility index (Phi) is 10.3. The van der Waals surface area contributed by atoms with Gasteiger partial charge < -0.3 is 19.5 Å². The summed E-state index contributed by atoms with van der Waals surface area (Å²) >= 11 is 0. The van der Waals surface area contributed by atoms with Crippen LogP contribution in [0.5, 0.6) is 5.75 Å². The highest BCUT2D eigenvalue weighted by molar-refractivity contribution is 7.53. The zero-order valence-electron chi connectivity index (χ0n) is 15.2. The highest BCUT2D eigenvalue weighted by Gasteiger charge is 2.25. The summed E-state index contributed by atoms with van der Waals surface area (Å²) in [6.45, 7) is 6.95. The Morgan fingerprint density at radius 1 is 1.04 bits per heavy atom. The largest absolute Gasteiger partial charge is 0.481 e. The summed E-state index contributed by atoms with van der Waals surface area (Å²) in [4.78, 5) is 0. The molecule has 0 aliphatic rings. The molecule has 0 fully saturated rings. The molecule has 0 unspecified atom stereocenters. The first-order valence-corrected chi connectivity index (χ1v) is 10.6. The summed E-state index contributed by atoms with van der Waals surface area (Å²) in [6.07, 6.45) is 4.43. The van der Waals surface area contributed by atoms with E-state index in [-0.39, 0.29) is 12.4 Å². The average molecular weight is 357 g/mol. The zero-order valence-corrected chi connectivity index (χ0v) is 16.1. The van der Waals surface area contributed by atoms with E-state index in [4.69, 9.17) is 19.5 Å². The van der Waals surface area contributed by atoms with Gasteiger partial charge in [0.15, 0.2) is 6.35 Å². The lowest BCUT2D eigenvalue weighted by Crippen LogP contribution is -2.17. The second kappa shape index (κ2) is 11.6. The molecule has 1 aromatic carbocycles. The average Bonchev–Trinajstić information content (AvgIpc) is 2.54. The molecule has 2 N–H and O–H groups in total. The molecule has 1 atom stereocenters. The summed E-state index contributed by atoms with van der Waals surface area (Å²) in [5.41, 5.74) is 6.94. The van der Waals surface area contributed by atoms with Gasteiger partial charge in [-0.1, -0.05) is 38.8 Å². The lowest BCUT2D eigenvalue weighted by atomic mass is 10.1. The van der Waals surface area contributed by atoms with Crippen LogP contribution in [0, 0.1) is 0 Å². The molecule has 0 aliphatic heterocycles. The van der Waals surface area contributed by atoms with Crippen molar-refractivity contribution in [3.05, 3.63) is 29.8 Å². The number of benzene rings is 1. The van der Waals surface area contributed by atoms with E-state index in [9.17, 15) is 4.57 Å². The van der Waals surface area contributed by atoms with Crippen LogP contribution in [-0.4, -0.2) is 25.6 Å². The van der Waals surface area contributed by atoms with E-state index in [0.29, 0.717) is 19.0 Å². The molecule has 0 radical (unpaired) electrons. The minimum atomic E-state index is -3.22. The van der Waals surface area contributed by atoms with E-state index < -0.39 is 7.60 Å². The van der Waals surface area contributed by atoms with Crippen molar-refractivity contribution in [1.82, 2.24) is 0 Å². The quantitative estimate of drug-likeness (QED) is 0.408. The molecule has 138 valence electrons. The first-order valence-electron chi connectivity index (χ1n) is 8.84. The van der Waals surface area contributed by atoms with Gasteiger partial charge in [0.25, 0.3) is 0 Å². The fourth-order valence-corrected chi connectivity index (χ4v) is 3.40. The molecule has 0 bridgehead atoms. The molecule has 0 spiro atoms. The summed E-state index contributed by atoms with van der Waals surface area (Å²) in [6, 6.07) is 7.79. The van der Waals surface area contributed by atoms with E-state index >= 15 is 0 Å². The minimum absolute atomic E-state index is 0.0624. The monoisotopic (exact) mass is 357 g/mol. The highest BCUT2D eigenvalue weighted by Crippen LogP contribution is 2.48. The van der Waals surface area contributed by atoms with Crippen molar-refractivity contribution < 1.29 is 18.3 Å². The summed E-state index contributed by atoms with van der Waals surface area (Å²) in [5, 5.41) is 0. The molecule has 0 aliphatic carbocycles. The van der Waals surface area contributed by atoms with Gasteiger partial charge in [-0.15, -0.1) is 0 Å². The second-order valence-electron chi connectivity index (χ2n) is 6.08. The predicted molar refractivity (Wildman–Crippen MR) is 98.6 cm³/mol. The van der Waals surface area contributed by atoms with Crippen LogP contribution in [0.2, 0.25) is 0 Å². The molecular formula is C18H32NO4P. The highest BCUT2D eigenvalue weighted by atomic mass is 31.2. The lowest BCUT2D eigenvalue weighted by molar-refractivity contribution is 0.180. The normalized spacial score (nSPS) is 13.0. The van der Waals surface area contributed by atoms with Gasteiger partial charge >= 0.3 is 7.60 Å². The van der Waals surface area contributed by atoms with Crippen LogP contribution in [0.15, 0.2) is 24.3 Å². The Balaban J connectivity index is 2.57. The third-order valence-electron chi connectivity index (χ3n) is 3.44.